The number of fused-ring (bicyclic) bond motifs is 3. The van der Waals surface area contributed by atoms with E-state index in [4.69, 9.17) is 14.3 Å². The van der Waals surface area contributed by atoms with Gasteiger partial charge in [-0.1, -0.05) is 6.07 Å². The van der Waals surface area contributed by atoms with Crippen molar-refractivity contribution in [2.24, 2.45) is 0 Å². The van der Waals surface area contributed by atoms with Crippen LogP contribution in [0.15, 0.2) is 42.7 Å². The molecule has 0 unspecified atom stereocenters. The Kier molecular flexibility index (Phi) is 2.71. The van der Waals surface area contributed by atoms with E-state index in [1.54, 1.807) is 42.7 Å². The summed E-state index contributed by atoms with van der Waals surface area (Å²) in [4.78, 5) is 26.4. The van der Waals surface area contributed by atoms with Crippen molar-refractivity contribution in [3.05, 3.63) is 42.7 Å². The maximum Gasteiger partial charge on any atom is 0.524 e. The van der Waals surface area contributed by atoms with E-state index in [-0.39, 0.29) is 5.75 Å². The standard InChI is InChI=1S/C12H9N2O4P/c15-19(16,17)18-10-7-8-3-1-5-13-11(8)12-9(10)4-2-6-14-12/h1-7H,(H2,15,16,17). The van der Waals surface area contributed by atoms with Gasteiger partial charge in [0.15, 0.2) is 0 Å². The summed E-state index contributed by atoms with van der Waals surface area (Å²) in [6.45, 7) is 0. The van der Waals surface area contributed by atoms with E-state index >= 15 is 0 Å². The van der Waals surface area contributed by atoms with Crippen molar-refractivity contribution in [1.82, 2.24) is 9.97 Å². The topological polar surface area (TPSA) is 92.5 Å². The number of hydrogen-bond acceptors (Lipinski definition) is 4. The Bertz CT molecular complexity index is 815. The highest BCUT2D eigenvalue weighted by atomic mass is 31.2. The molecule has 0 aliphatic rings. The summed E-state index contributed by atoms with van der Waals surface area (Å²) in [5.41, 5.74) is 1.21. The molecule has 0 fully saturated rings. The molecule has 19 heavy (non-hydrogen) atoms. The van der Waals surface area contributed by atoms with Crippen LogP contribution in [0.1, 0.15) is 0 Å². The van der Waals surface area contributed by atoms with Crippen LogP contribution < -0.4 is 4.52 Å². The van der Waals surface area contributed by atoms with Gasteiger partial charge in [0.1, 0.15) is 11.3 Å². The number of hydrogen-bond donors (Lipinski definition) is 2. The van der Waals surface area contributed by atoms with E-state index in [2.05, 4.69) is 9.97 Å². The SMILES string of the molecule is O=P(O)(O)Oc1cc2cccnc2c2ncccc12. The van der Waals surface area contributed by atoms with Gasteiger partial charge >= 0.3 is 7.82 Å². The van der Waals surface area contributed by atoms with Crippen LogP contribution >= 0.6 is 7.82 Å². The van der Waals surface area contributed by atoms with Crippen molar-refractivity contribution < 1.29 is 18.9 Å². The zero-order chi connectivity index (χ0) is 13.5. The predicted molar refractivity (Wildman–Crippen MR) is 69.7 cm³/mol. The minimum Gasteiger partial charge on any atom is -0.404 e. The Morgan fingerprint density at radius 1 is 1.05 bits per heavy atom. The molecule has 0 amide bonds. The summed E-state index contributed by atoms with van der Waals surface area (Å²) < 4.78 is 15.7. The van der Waals surface area contributed by atoms with Gasteiger partial charge in [0.2, 0.25) is 0 Å². The van der Waals surface area contributed by atoms with E-state index < -0.39 is 7.82 Å². The van der Waals surface area contributed by atoms with Gasteiger partial charge in [-0.2, -0.15) is 0 Å². The normalized spacial score (nSPS) is 11.9. The highest BCUT2D eigenvalue weighted by molar-refractivity contribution is 7.46. The number of phosphoric acid groups is 1. The first-order valence-corrected chi connectivity index (χ1v) is 6.95. The molecule has 6 nitrogen and oxygen atoms in total. The lowest BCUT2D eigenvalue weighted by Crippen LogP contribution is -1.93. The van der Waals surface area contributed by atoms with Crippen molar-refractivity contribution in [3.8, 4) is 5.75 Å². The molecule has 7 heteroatoms. The summed E-state index contributed by atoms with van der Waals surface area (Å²) in [6, 6.07) is 8.41. The second kappa shape index (κ2) is 4.28. The molecule has 3 aromatic rings. The van der Waals surface area contributed by atoms with Gasteiger partial charge < -0.3 is 4.52 Å². The molecule has 96 valence electrons. The lowest BCUT2D eigenvalue weighted by molar-refractivity contribution is 0.284. The van der Waals surface area contributed by atoms with Crippen LogP contribution in [0.25, 0.3) is 21.8 Å². The smallest absolute Gasteiger partial charge is 0.404 e. The monoisotopic (exact) mass is 276 g/mol. The van der Waals surface area contributed by atoms with Crippen LogP contribution in [0.4, 0.5) is 0 Å². The molecule has 1 aromatic carbocycles. The van der Waals surface area contributed by atoms with E-state index in [0.29, 0.717) is 21.8 Å². The number of rotatable bonds is 2. The van der Waals surface area contributed by atoms with Crippen molar-refractivity contribution in [2.45, 2.75) is 0 Å². The van der Waals surface area contributed by atoms with Crippen LogP contribution in [0.3, 0.4) is 0 Å². The van der Waals surface area contributed by atoms with E-state index in [9.17, 15) is 4.57 Å². The van der Waals surface area contributed by atoms with Gasteiger partial charge in [0.05, 0.1) is 5.52 Å². The Morgan fingerprint density at radius 2 is 1.74 bits per heavy atom. The third kappa shape index (κ3) is 2.29. The number of pyridine rings is 2. The van der Waals surface area contributed by atoms with Crippen LogP contribution in [-0.4, -0.2) is 19.8 Å². The third-order valence-corrected chi connectivity index (χ3v) is 3.07. The Balaban J connectivity index is 2.39. The number of nitrogens with zero attached hydrogens (tertiary/aromatic N) is 2. The quantitative estimate of drug-likeness (QED) is 0.551. The zero-order valence-electron chi connectivity index (χ0n) is 9.59. The largest absolute Gasteiger partial charge is 0.524 e. The second-order valence-electron chi connectivity index (χ2n) is 3.93. The molecule has 0 saturated heterocycles. The molecule has 0 radical (unpaired) electrons. The predicted octanol–water partition coefficient (Wildman–Crippen LogP) is 2.25. The molecule has 0 saturated carbocycles. The van der Waals surface area contributed by atoms with Crippen LogP contribution in [0.2, 0.25) is 0 Å². The zero-order valence-corrected chi connectivity index (χ0v) is 10.5. The molecular weight excluding hydrogens is 267 g/mol. The Labute approximate surface area is 107 Å². The summed E-state index contributed by atoms with van der Waals surface area (Å²) in [6.07, 6.45) is 3.23. The minimum absolute atomic E-state index is 0.0944. The fourth-order valence-electron chi connectivity index (χ4n) is 1.95. The second-order valence-corrected chi connectivity index (χ2v) is 5.09. The molecule has 0 spiro atoms. The molecule has 3 rings (SSSR count). The van der Waals surface area contributed by atoms with Crippen molar-refractivity contribution in [1.29, 1.82) is 0 Å². The fourth-order valence-corrected chi connectivity index (χ4v) is 2.35. The van der Waals surface area contributed by atoms with Crippen LogP contribution in [0.5, 0.6) is 5.75 Å². The van der Waals surface area contributed by atoms with E-state index in [1.165, 1.54) is 0 Å². The lowest BCUT2D eigenvalue weighted by Gasteiger charge is -2.11. The van der Waals surface area contributed by atoms with Crippen molar-refractivity contribution >= 4 is 29.6 Å². The van der Waals surface area contributed by atoms with E-state index in [1.807, 2.05) is 0 Å². The first-order chi connectivity index (χ1) is 9.04. The molecular formula is C12H9N2O4P. The summed E-state index contributed by atoms with van der Waals surface area (Å²) >= 11 is 0. The highest BCUT2D eigenvalue weighted by Crippen LogP contribution is 2.42. The summed E-state index contributed by atoms with van der Waals surface area (Å²) in [7, 11) is -4.62. The number of aromatic nitrogens is 2. The average molecular weight is 276 g/mol. The van der Waals surface area contributed by atoms with Crippen LogP contribution in [0, 0.1) is 0 Å². The first kappa shape index (κ1) is 12.0. The van der Waals surface area contributed by atoms with Gasteiger partial charge in [-0.3, -0.25) is 19.8 Å². The van der Waals surface area contributed by atoms with Crippen molar-refractivity contribution in [2.75, 3.05) is 0 Å². The number of phosphoric ester groups is 1. The minimum atomic E-state index is -4.62. The maximum atomic E-state index is 11.0. The molecule has 0 aliphatic carbocycles. The Morgan fingerprint density at radius 3 is 2.47 bits per heavy atom. The van der Waals surface area contributed by atoms with Crippen molar-refractivity contribution in [3.63, 3.8) is 0 Å². The molecule has 2 N–H and O–H groups in total. The van der Waals surface area contributed by atoms with Crippen LogP contribution in [-0.2, 0) is 4.57 Å². The third-order valence-electron chi connectivity index (χ3n) is 2.64. The molecule has 0 aliphatic heterocycles. The molecule has 2 heterocycles. The fraction of sp³-hybridized carbons (Fsp3) is 0. The average Bonchev–Trinajstić information content (AvgIpc) is 2.37. The lowest BCUT2D eigenvalue weighted by atomic mass is 10.1. The van der Waals surface area contributed by atoms with Gasteiger partial charge in [0, 0.05) is 23.2 Å². The maximum absolute atomic E-state index is 11.0. The molecule has 0 bridgehead atoms. The molecule has 2 aromatic heterocycles. The van der Waals surface area contributed by atoms with Gasteiger partial charge in [0.25, 0.3) is 0 Å². The van der Waals surface area contributed by atoms with E-state index in [0.717, 1.165) is 0 Å². The van der Waals surface area contributed by atoms with Gasteiger partial charge in [-0.25, -0.2) is 4.57 Å². The number of benzene rings is 1. The van der Waals surface area contributed by atoms with Gasteiger partial charge in [-0.15, -0.1) is 0 Å². The summed E-state index contributed by atoms with van der Waals surface area (Å²) in [5, 5.41) is 1.22. The van der Waals surface area contributed by atoms with Gasteiger partial charge in [-0.05, 0) is 24.3 Å². The Hall–Kier alpha value is -2.01. The first-order valence-electron chi connectivity index (χ1n) is 5.42. The summed E-state index contributed by atoms with van der Waals surface area (Å²) in [5.74, 6) is 0.0944. The highest BCUT2D eigenvalue weighted by Gasteiger charge is 2.19. The molecule has 0 atom stereocenters.